The Labute approximate surface area is 110 Å². The van der Waals surface area contributed by atoms with Crippen molar-refractivity contribution < 1.29 is 4.79 Å². The fourth-order valence-corrected chi connectivity index (χ4v) is 1.60. The molecule has 3 N–H and O–H groups in total. The average Bonchev–Trinajstić information content (AvgIpc) is 2.92. The van der Waals surface area contributed by atoms with Gasteiger partial charge in [-0.3, -0.25) is 4.79 Å². The number of nitrogens with zero attached hydrogens (tertiary/aromatic N) is 4. The number of benzene rings is 1. The molecule has 0 radical (unpaired) electrons. The molecule has 7 heteroatoms. The van der Waals surface area contributed by atoms with Gasteiger partial charge in [-0.25, -0.2) is 4.68 Å². The molecular weight excluding hydrogens is 244 g/mol. The normalized spacial score (nSPS) is 12.1. The fraction of sp³-hybridized carbons (Fsp3) is 0.333. The first-order chi connectivity index (χ1) is 9.19. The van der Waals surface area contributed by atoms with Crippen LogP contribution in [-0.2, 0) is 4.79 Å². The van der Waals surface area contributed by atoms with Crippen molar-refractivity contribution in [1.82, 2.24) is 20.2 Å². The molecule has 1 heterocycles. The predicted octanol–water partition coefficient (Wildman–Crippen LogP) is 0.728. The smallest absolute Gasteiger partial charge is 0.225 e. The third-order valence-electron chi connectivity index (χ3n) is 2.72. The van der Waals surface area contributed by atoms with Crippen molar-refractivity contribution in [3.05, 3.63) is 30.6 Å². The minimum Gasteiger partial charge on any atom is -0.327 e. The lowest BCUT2D eigenvalue weighted by molar-refractivity contribution is -0.116. The summed E-state index contributed by atoms with van der Waals surface area (Å²) >= 11 is 0. The summed E-state index contributed by atoms with van der Waals surface area (Å²) < 4.78 is 1.52. The summed E-state index contributed by atoms with van der Waals surface area (Å²) in [6.07, 6.45) is 2.58. The Balaban J connectivity index is 2.05. The summed E-state index contributed by atoms with van der Waals surface area (Å²) in [5, 5.41) is 13.7. The van der Waals surface area contributed by atoms with Crippen molar-refractivity contribution in [1.29, 1.82) is 0 Å². The van der Waals surface area contributed by atoms with E-state index in [9.17, 15) is 4.79 Å². The maximum absolute atomic E-state index is 11.7. The highest BCUT2D eigenvalue weighted by atomic mass is 16.1. The summed E-state index contributed by atoms with van der Waals surface area (Å²) in [4.78, 5) is 11.7. The van der Waals surface area contributed by atoms with Crippen molar-refractivity contribution in [3.63, 3.8) is 0 Å². The Morgan fingerprint density at radius 3 is 3.05 bits per heavy atom. The third kappa shape index (κ3) is 3.59. The number of hydrogen-bond acceptors (Lipinski definition) is 5. The maximum Gasteiger partial charge on any atom is 0.225 e. The van der Waals surface area contributed by atoms with Gasteiger partial charge in [-0.05, 0) is 35.0 Å². The van der Waals surface area contributed by atoms with E-state index in [0.717, 1.165) is 12.1 Å². The molecule has 1 aromatic heterocycles. The second kappa shape index (κ2) is 6.05. The van der Waals surface area contributed by atoms with E-state index in [-0.39, 0.29) is 11.9 Å². The molecule has 0 saturated heterocycles. The third-order valence-corrected chi connectivity index (χ3v) is 2.72. The zero-order valence-electron chi connectivity index (χ0n) is 10.7. The van der Waals surface area contributed by atoms with Crippen LogP contribution in [-0.4, -0.2) is 32.2 Å². The van der Waals surface area contributed by atoms with Crippen LogP contribution in [0.25, 0.3) is 5.69 Å². The van der Waals surface area contributed by atoms with Crippen LogP contribution in [0.5, 0.6) is 0 Å². The summed E-state index contributed by atoms with van der Waals surface area (Å²) in [6.45, 7) is 1.95. The van der Waals surface area contributed by atoms with Gasteiger partial charge in [-0.1, -0.05) is 13.0 Å². The lowest BCUT2D eigenvalue weighted by Crippen LogP contribution is -2.26. The minimum absolute atomic E-state index is 0.0942. The van der Waals surface area contributed by atoms with Gasteiger partial charge in [0.05, 0.1) is 5.69 Å². The number of carbonyl (C=O) groups is 1. The number of nitrogens with two attached hydrogens (primary N) is 1. The van der Waals surface area contributed by atoms with E-state index in [1.54, 1.807) is 6.07 Å². The van der Waals surface area contributed by atoms with E-state index in [0.29, 0.717) is 12.1 Å². The van der Waals surface area contributed by atoms with E-state index in [4.69, 9.17) is 5.73 Å². The zero-order chi connectivity index (χ0) is 13.7. The number of anilines is 1. The van der Waals surface area contributed by atoms with Gasteiger partial charge in [0.15, 0.2) is 0 Å². The van der Waals surface area contributed by atoms with Crippen LogP contribution in [0.1, 0.15) is 19.8 Å². The fourth-order valence-electron chi connectivity index (χ4n) is 1.60. The molecule has 1 atom stereocenters. The molecule has 0 spiro atoms. The highest BCUT2D eigenvalue weighted by Crippen LogP contribution is 2.13. The van der Waals surface area contributed by atoms with Crippen molar-refractivity contribution in [2.45, 2.75) is 25.8 Å². The molecule has 1 unspecified atom stereocenters. The molecule has 0 aliphatic carbocycles. The molecule has 1 amide bonds. The van der Waals surface area contributed by atoms with Gasteiger partial charge in [0.25, 0.3) is 0 Å². The van der Waals surface area contributed by atoms with E-state index in [1.165, 1.54) is 11.0 Å². The molecule has 0 fully saturated rings. The van der Waals surface area contributed by atoms with Gasteiger partial charge < -0.3 is 11.1 Å². The van der Waals surface area contributed by atoms with Crippen molar-refractivity contribution in [3.8, 4) is 5.69 Å². The van der Waals surface area contributed by atoms with E-state index in [2.05, 4.69) is 20.8 Å². The average molecular weight is 260 g/mol. The van der Waals surface area contributed by atoms with Gasteiger partial charge in [0, 0.05) is 18.2 Å². The predicted molar refractivity (Wildman–Crippen MR) is 70.7 cm³/mol. The number of tetrazole rings is 1. The Bertz CT molecular complexity index is 539. The topological polar surface area (TPSA) is 98.7 Å². The van der Waals surface area contributed by atoms with Gasteiger partial charge in [0.2, 0.25) is 5.91 Å². The highest BCUT2D eigenvalue weighted by Gasteiger charge is 2.08. The molecule has 0 aliphatic rings. The Morgan fingerprint density at radius 2 is 2.37 bits per heavy atom. The number of amides is 1. The van der Waals surface area contributed by atoms with Gasteiger partial charge in [-0.15, -0.1) is 5.10 Å². The van der Waals surface area contributed by atoms with E-state index >= 15 is 0 Å². The summed E-state index contributed by atoms with van der Waals surface area (Å²) in [5.41, 5.74) is 7.22. The van der Waals surface area contributed by atoms with Crippen LogP contribution < -0.4 is 11.1 Å². The minimum atomic E-state index is -0.109. The van der Waals surface area contributed by atoms with Crippen molar-refractivity contribution >= 4 is 11.6 Å². The Hall–Kier alpha value is -2.28. The molecule has 1 aromatic carbocycles. The molecule has 7 nitrogen and oxygen atoms in total. The molecular formula is C12H16N6O. The van der Waals surface area contributed by atoms with Gasteiger partial charge in [0.1, 0.15) is 6.33 Å². The second-order valence-corrected chi connectivity index (χ2v) is 4.23. The van der Waals surface area contributed by atoms with Gasteiger partial charge in [-0.2, -0.15) is 0 Å². The monoisotopic (exact) mass is 260 g/mol. The number of aromatic nitrogens is 4. The molecule has 2 rings (SSSR count). The van der Waals surface area contributed by atoms with Crippen LogP contribution in [0.2, 0.25) is 0 Å². The molecule has 2 aromatic rings. The standard InChI is InChI=1S/C12H16N6O/c1-2-9(13)6-12(19)15-10-4-3-5-11(7-10)18-8-14-16-17-18/h3-5,7-9H,2,6,13H2,1H3,(H,15,19). The molecule has 0 aliphatic heterocycles. The number of carbonyl (C=O) groups excluding carboxylic acids is 1. The summed E-state index contributed by atoms with van der Waals surface area (Å²) in [7, 11) is 0. The van der Waals surface area contributed by atoms with Gasteiger partial charge >= 0.3 is 0 Å². The molecule has 100 valence electrons. The largest absolute Gasteiger partial charge is 0.327 e. The number of rotatable bonds is 5. The summed E-state index contributed by atoms with van der Waals surface area (Å²) in [6, 6.07) is 7.17. The lowest BCUT2D eigenvalue weighted by atomic mass is 10.1. The van der Waals surface area contributed by atoms with Crippen molar-refractivity contribution in [2.24, 2.45) is 5.73 Å². The van der Waals surface area contributed by atoms with E-state index < -0.39 is 0 Å². The SMILES string of the molecule is CCC(N)CC(=O)Nc1cccc(-n2cnnn2)c1. The first kappa shape index (κ1) is 13.2. The summed E-state index contributed by atoms with van der Waals surface area (Å²) in [5.74, 6) is -0.0942. The Morgan fingerprint density at radius 1 is 1.53 bits per heavy atom. The van der Waals surface area contributed by atoms with Crippen LogP contribution in [0.3, 0.4) is 0 Å². The zero-order valence-corrected chi connectivity index (χ0v) is 10.7. The number of hydrogen-bond donors (Lipinski definition) is 2. The first-order valence-electron chi connectivity index (χ1n) is 6.08. The number of nitrogens with one attached hydrogen (secondary N) is 1. The van der Waals surface area contributed by atoms with Crippen LogP contribution in [0, 0.1) is 0 Å². The molecule has 0 saturated carbocycles. The van der Waals surface area contributed by atoms with Crippen LogP contribution >= 0.6 is 0 Å². The first-order valence-corrected chi connectivity index (χ1v) is 6.08. The van der Waals surface area contributed by atoms with Crippen LogP contribution in [0.4, 0.5) is 5.69 Å². The second-order valence-electron chi connectivity index (χ2n) is 4.23. The quantitative estimate of drug-likeness (QED) is 0.825. The van der Waals surface area contributed by atoms with Crippen LogP contribution in [0.15, 0.2) is 30.6 Å². The lowest BCUT2D eigenvalue weighted by Gasteiger charge is -2.10. The molecule has 0 bridgehead atoms. The Kier molecular flexibility index (Phi) is 4.19. The maximum atomic E-state index is 11.7. The van der Waals surface area contributed by atoms with Crippen molar-refractivity contribution in [2.75, 3.05) is 5.32 Å². The molecule has 19 heavy (non-hydrogen) atoms. The van der Waals surface area contributed by atoms with E-state index in [1.807, 2.05) is 25.1 Å². The highest BCUT2D eigenvalue weighted by molar-refractivity contribution is 5.91.